The molecule has 4 heterocycles. The van der Waals surface area contributed by atoms with E-state index in [0.29, 0.717) is 60.3 Å². The average molecular weight is 631 g/mol. The highest BCUT2D eigenvalue weighted by Crippen LogP contribution is 2.34. The summed E-state index contributed by atoms with van der Waals surface area (Å²) in [5, 5.41) is 0. The Morgan fingerprint density at radius 3 is 1.46 bits per heavy atom. The first kappa shape index (κ1) is 32.2. The minimum Gasteiger partial charge on any atom is -0.497 e. The molecule has 4 aliphatic heterocycles. The van der Waals surface area contributed by atoms with Crippen molar-refractivity contribution in [2.24, 2.45) is 9.98 Å². The Morgan fingerprint density at radius 2 is 1.04 bits per heavy atom. The van der Waals surface area contributed by atoms with Gasteiger partial charge in [0.05, 0.1) is 61.0 Å². The number of nitrogens with zero attached hydrogens (tertiary/aromatic N) is 4. The second-order valence-corrected chi connectivity index (χ2v) is 12.5. The van der Waals surface area contributed by atoms with E-state index in [9.17, 15) is 9.59 Å². The van der Waals surface area contributed by atoms with Crippen LogP contribution in [-0.2, 0) is 9.47 Å². The van der Waals surface area contributed by atoms with Crippen molar-refractivity contribution < 1.29 is 28.5 Å². The van der Waals surface area contributed by atoms with Crippen LogP contribution in [0.15, 0.2) is 46.4 Å². The van der Waals surface area contributed by atoms with Crippen molar-refractivity contribution in [1.29, 1.82) is 0 Å². The number of fused-ring (bicyclic) bond motifs is 4. The highest BCUT2D eigenvalue weighted by atomic mass is 16.5. The van der Waals surface area contributed by atoms with Crippen molar-refractivity contribution in [3.8, 4) is 11.5 Å². The van der Waals surface area contributed by atoms with Gasteiger partial charge >= 0.3 is 0 Å². The molecule has 2 aromatic rings. The first-order chi connectivity index (χ1) is 22.6. The van der Waals surface area contributed by atoms with Gasteiger partial charge in [-0.05, 0) is 62.1 Å². The lowest BCUT2D eigenvalue weighted by atomic mass is 10.1. The molecule has 2 fully saturated rings. The summed E-state index contributed by atoms with van der Waals surface area (Å²) in [6.07, 6.45) is 14.7. The van der Waals surface area contributed by atoms with Gasteiger partial charge in [0.25, 0.3) is 11.8 Å². The zero-order chi connectivity index (χ0) is 31.9. The summed E-state index contributed by atoms with van der Waals surface area (Å²) in [6.45, 7) is 2.79. The lowest BCUT2D eigenvalue weighted by molar-refractivity contribution is 0.0401. The molecule has 10 heteroatoms. The number of aliphatic imine (C=N–C) groups is 2. The minimum absolute atomic E-state index is 0.00202. The molecule has 2 aromatic carbocycles. The lowest BCUT2D eigenvalue weighted by Gasteiger charge is -2.23. The third-order valence-corrected chi connectivity index (χ3v) is 9.62. The molecular weight excluding hydrogens is 584 g/mol. The van der Waals surface area contributed by atoms with Gasteiger partial charge in [0.15, 0.2) is 0 Å². The molecule has 4 atom stereocenters. The molecule has 46 heavy (non-hydrogen) atoms. The van der Waals surface area contributed by atoms with Crippen LogP contribution in [0.3, 0.4) is 0 Å². The van der Waals surface area contributed by atoms with Crippen LogP contribution in [0.4, 0.5) is 11.4 Å². The number of benzene rings is 2. The van der Waals surface area contributed by atoms with E-state index in [0.717, 1.165) is 38.5 Å². The number of carbonyl (C=O) groups is 2. The molecule has 4 aliphatic rings. The van der Waals surface area contributed by atoms with Crippen LogP contribution in [0.25, 0.3) is 0 Å². The van der Waals surface area contributed by atoms with E-state index in [4.69, 9.17) is 18.9 Å². The Hall–Kier alpha value is -3.76. The van der Waals surface area contributed by atoms with Crippen molar-refractivity contribution in [2.45, 2.75) is 88.5 Å². The molecule has 2 saturated heterocycles. The number of rotatable bonds is 15. The second kappa shape index (κ2) is 15.2. The summed E-state index contributed by atoms with van der Waals surface area (Å²) in [5.41, 5.74) is 2.56. The van der Waals surface area contributed by atoms with Gasteiger partial charge in [-0.15, -0.1) is 0 Å². The van der Waals surface area contributed by atoms with E-state index >= 15 is 0 Å². The lowest BCUT2D eigenvalue weighted by Crippen LogP contribution is -2.40. The zero-order valence-electron chi connectivity index (χ0n) is 27.1. The number of amides is 2. The van der Waals surface area contributed by atoms with Crippen molar-refractivity contribution in [3.63, 3.8) is 0 Å². The average Bonchev–Trinajstić information content (AvgIpc) is 3.61. The zero-order valence-corrected chi connectivity index (χ0v) is 27.1. The molecule has 246 valence electrons. The Balaban J connectivity index is 0.812. The van der Waals surface area contributed by atoms with Gasteiger partial charge < -0.3 is 28.7 Å². The summed E-state index contributed by atoms with van der Waals surface area (Å²) in [4.78, 5) is 39.4. The van der Waals surface area contributed by atoms with Crippen molar-refractivity contribution in [1.82, 2.24) is 9.80 Å². The van der Waals surface area contributed by atoms with Crippen molar-refractivity contribution in [3.05, 3.63) is 47.5 Å². The fourth-order valence-corrected chi connectivity index (χ4v) is 6.97. The fraction of sp³-hybridized carbons (Fsp3) is 0.556. The minimum atomic E-state index is -0.118. The molecule has 2 unspecified atom stereocenters. The standard InChI is InChI=1S/C36H46N4O6/c1-43-25-11-13-29-27(21-25)35(41)39-17-15-33(31(39)23-37-29)45-19-9-7-5-3-4-6-8-10-20-46-34-16-18-40-32(34)24-38-30-14-12-26(44-2)22-28(30)36(40)42/h11-14,21-24,31-34H,3-10,15-20H2,1-2H3/t31-,32-,33?,34?/m1/s1. The van der Waals surface area contributed by atoms with Crippen LogP contribution in [0, 0.1) is 0 Å². The summed E-state index contributed by atoms with van der Waals surface area (Å²) in [7, 11) is 3.21. The SMILES string of the molecule is COc1ccc2c(c1)C(=O)N1CCC(OCCCCCCCCCCOC3CCN4C(=O)c5cc(OC)ccc5N=C[C@H]34)[C@H]1C=N2. The normalized spacial score (nSPS) is 23.1. The molecule has 0 spiro atoms. The Kier molecular flexibility index (Phi) is 10.7. The largest absolute Gasteiger partial charge is 0.497 e. The predicted octanol–water partition coefficient (Wildman–Crippen LogP) is 6.16. The molecule has 0 aromatic heterocycles. The third-order valence-electron chi connectivity index (χ3n) is 9.62. The monoisotopic (exact) mass is 630 g/mol. The number of hydrogen-bond donors (Lipinski definition) is 0. The van der Waals surface area contributed by atoms with E-state index in [-0.39, 0.29) is 36.1 Å². The van der Waals surface area contributed by atoms with Gasteiger partial charge in [-0.2, -0.15) is 0 Å². The van der Waals surface area contributed by atoms with Crippen LogP contribution in [0.1, 0.15) is 84.9 Å². The molecule has 2 amide bonds. The van der Waals surface area contributed by atoms with Crippen molar-refractivity contribution in [2.75, 3.05) is 40.5 Å². The summed E-state index contributed by atoms with van der Waals surface area (Å²) >= 11 is 0. The van der Waals surface area contributed by atoms with Crippen LogP contribution in [0.2, 0.25) is 0 Å². The number of unbranched alkanes of at least 4 members (excludes halogenated alkanes) is 7. The van der Waals surface area contributed by atoms with E-state index in [1.165, 1.54) is 25.7 Å². The van der Waals surface area contributed by atoms with Crippen LogP contribution < -0.4 is 9.47 Å². The number of ether oxygens (including phenoxy) is 4. The number of methoxy groups -OCH3 is 2. The quantitative estimate of drug-likeness (QED) is 0.219. The highest BCUT2D eigenvalue weighted by molar-refractivity contribution is 6.04. The maximum Gasteiger partial charge on any atom is 0.256 e. The predicted molar refractivity (Wildman–Crippen MR) is 178 cm³/mol. The topological polar surface area (TPSA) is 102 Å². The first-order valence-corrected chi connectivity index (χ1v) is 16.9. The first-order valence-electron chi connectivity index (χ1n) is 16.9. The van der Waals surface area contributed by atoms with Crippen LogP contribution in [0.5, 0.6) is 11.5 Å². The Morgan fingerprint density at radius 1 is 0.630 bits per heavy atom. The van der Waals surface area contributed by atoms with Gasteiger partial charge in [-0.25, -0.2) is 0 Å². The Labute approximate surface area is 271 Å². The van der Waals surface area contributed by atoms with E-state index in [1.807, 2.05) is 46.5 Å². The molecule has 10 nitrogen and oxygen atoms in total. The third kappa shape index (κ3) is 7.13. The molecule has 0 aliphatic carbocycles. The summed E-state index contributed by atoms with van der Waals surface area (Å²) in [6, 6.07) is 10.7. The summed E-state index contributed by atoms with van der Waals surface area (Å²) < 4.78 is 23.1. The van der Waals surface area contributed by atoms with Gasteiger partial charge in [0, 0.05) is 38.7 Å². The molecule has 0 radical (unpaired) electrons. The van der Waals surface area contributed by atoms with Crippen LogP contribution in [-0.4, -0.2) is 98.9 Å². The fourth-order valence-electron chi connectivity index (χ4n) is 6.97. The highest BCUT2D eigenvalue weighted by Gasteiger charge is 2.40. The Bertz CT molecular complexity index is 1340. The van der Waals surface area contributed by atoms with Gasteiger partial charge in [-0.3, -0.25) is 19.6 Å². The molecular formula is C36H46N4O6. The smallest absolute Gasteiger partial charge is 0.256 e. The molecule has 0 N–H and O–H groups in total. The van der Waals surface area contributed by atoms with Gasteiger partial charge in [0.1, 0.15) is 11.5 Å². The molecule has 6 rings (SSSR count). The van der Waals surface area contributed by atoms with Crippen LogP contribution >= 0.6 is 0 Å². The molecule has 0 saturated carbocycles. The molecule has 0 bridgehead atoms. The summed E-state index contributed by atoms with van der Waals surface area (Å²) in [5.74, 6) is 1.32. The van der Waals surface area contributed by atoms with Gasteiger partial charge in [-0.1, -0.05) is 38.5 Å². The van der Waals surface area contributed by atoms with E-state index in [2.05, 4.69) is 9.98 Å². The van der Waals surface area contributed by atoms with E-state index in [1.54, 1.807) is 26.4 Å². The maximum absolute atomic E-state index is 13.2. The van der Waals surface area contributed by atoms with Crippen molar-refractivity contribution >= 4 is 35.6 Å². The maximum atomic E-state index is 13.2. The van der Waals surface area contributed by atoms with E-state index < -0.39 is 0 Å². The number of hydrogen-bond acceptors (Lipinski definition) is 8. The van der Waals surface area contributed by atoms with Gasteiger partial charge in [0.2, 0.25) is 0 Å². The number of carbonyl (C=O) groups excluding carboxylic acids is 2. The second-order valence-electron chi connectivity index (χ2n) is 12.5.